The Balaban J connectivity index is 2.00. The molecule has 2 amide bonds. The number of aryl methyl sites for hydroxylation is 1. The van der Waals surface area contributed by atoms with Gasteiger partial charge in [0.15, 0.2) is 0 Å². The Hall–Kier alpha value is -2.44. The third-order valence-corrected chi connectivity index (χ3v) is 4.21. The van der Waals surface area contributed by atoms with Crippen LogP contribution in [0.3, 0.4) is 0 Å². The monoisotopic (exact) mass is 396 g/mol. The van der Waals surface area contributed by atoms with Crippen molar-refractivity contribution in [2.75, 3.05) is 24.9 Å². The van der Waals surface area contributed by atoms with Crippen LogP contribution in [0.2, 0.25) is 10.0 Å². The Morgan fingerprint density at radius 3 is 2.19 bits per heavy atom. The lowest BCUT2D eigenvalue weighted by Gasteiger charge is -2.12. The van der Waals surface area contributed by atoms with Gasteiger partial charge in [-0.2, -0.15) is 0 Å². The first-order chi connectivity index (χ1) is 12.3. The highest BCUT2D eigenvalue weighted by atomic mass is 35.5. The van der Waals surface area contributed by atoms with Gasteiger partial charge in [0.1, 0.15) is 17.9 Å². The number of methoxy groups -OCH3 is 2. The van der Waals surface area contributed by atoms with Gasteiger partial charge in [-0.3, -0.25) is 9.59 Å². The number of anilines is 2. The summed E-state index contributed by atoms with van der Waals surface area (Å²) in [6.45, 7) is 1.80. The van der Waals surface area contributed by atoms with Crippen molar-refractivity contribution in [3.05, 3.63) is 45.9 Å². The van der Waals surface area contributed by atoms with E-state index in [2.05, 4.69) is 10.6 Å². The topological polar surface area (TPSA) is 76.7 Å². The van der Waals surface area contributed by atoms with E-state index in [9.17, 15) is 9.59 Å². The molecule has 0 fully saturated rings. The van der Waals surface area contributed by atoms with Gasteiger partial charge >= 0.3 is 0 Å². The highest BCUT2D eigenvalue weighted by Crippen LogP contribution is 2.31. The summed E-state index contributed by atoms with van der Waals surface area (Å²) < 4.78 is 10.2. The van der Waals surface area contributed by atoms with Crippen LogP contribution in [0.15, 0.2) is 30.3 Å². The van der Waals surface area contributed by atoms with Gasteiger partial charge in [0, 0.05) is 16.8 Å². The van der Waals surface area contributed by atoms with Crippen molar-refractivity contribution < 1.29 is 19.1 Å². The predicted octanol–water partition coefficient (Wildman–Crippen LogP) is 4.29. The zero-order valence-electron chi connectivity index (χ0n) is 14.5. The number of hydrogen-bond acceptors (Lipinski definition) is 4. The van der Waals surface area contributed by atoms with Gasteiger partial charge in [-0.25, -0.2) is 0 Å². The van der Waals surface area contributed by atoms with E-state index in [1.807, 2.05) is 0 Å². The minimum atomic E-state index is -0.484. The smallest absolute Gasteiger partial charge is 0.233 e. The van der Waals surface area contributed by atoms with Crippen LogP contribution >= 0.6 is 23.2 Å². The Morgan fingerprint density at radius 2 is 1.58 bits per heavy atom. The second-order valence-corrected chi connectivity index (χ2v) is 6.24. The number of rotatable bonds is 6. The number of nitrogens with one attached hydrogen (secondary N) is 2. The molecule has 6 nitrogen and oxygen atoms in total. The van der Waals surface area contributed by atoms with Crippen molar-refractivity contribution in [2.45, 2.75) is 13.3 Å². The Labute approximate surface area is 161 Å². The second-order valence-electron chi connectivity index (χ2n) is 5.42. The number of ether oxygens (including phenoxy) is 2. The van der Waals surface area contributed by atoms with Crippen molar-refractivity contribution in [1.29, 1.82) is 0 Å². The molecule has 0 spiro atoms. The van der Waals surface area contributed by atoms with Crippen molar-refractivity contribution in [2.24, 2.45) is 0 Å². The zero-order chi connectivity index (χ0) is 19.3. The third-order valence-electron chi connectivity index (χ3n) is 3.51. The molecule has 0 bridgehead atoms. The first kappa shape index (κ1) is 19.9. The average molecular weight is 397 g/mol. The molecule has 0 aliphatic rings. The number of carbonyl (C=O) groups is 2. The van der Waals surface area contributed by atoms with E-state index in [1.165, 1.54) is 14.2 Å². The molecule has 2 N–H and O–H groups in total. The Kier molecular flexibility index (Phi) is 6.71. The first-order valence-electron chi connectivity index (χ1n) is 7.61. The van der Waals surface area contributed by atoms with Crippen molar-refractivity contribution >= 4 is 46.4 Å². The normalized spacial score (nSPS) is 10.2. The minimum absolute atomic E-state index is 0.358. The summed E-state index contributed by atoms with van der Waals surface area (Å²) >= 11 is 12.0. The summed E-state index contributed by atoms with van der Waals surface area (Å²) in [7, 11) is 2.97. The van der Waals surface area contributed by atoms with Gasteiger partial charge in [0.05, 0.1) is 24.9 Å². The van der Waals surface area contributed by atoms with Crippen molar-refractivity contribution in [3.63, 3.8) is 0 Å². The summed E-state index contributed by atoms with van der Waals surface area (Å²) in [5.41, 5.74) is 1.69. The van der Waals surface area contributed by atoms with Crippen LogP contribution in [-0.4, -0.2) is 26.0 Å². The summed E-state index contributed by atoms with van der Waals surface area (Å²) in [4.78, 5) is 24.2. The third kappa shape index (κ3) is 5.03. The summed E-state index contributed by atoms with van der Waals surface area (Å²) in [5, 5.41) is 6.13. The molecule has 0 saturated carbocycles. The van der Waals surface area contributed by atoms with E-state index in [1.54, 1.807) is 37.3 Å². The maximum atomic E-state index is 12.1. The van der Waals surface area contributed by atoms with Crippen LogP contribution in [0.1, 0.15) is 12.0 Å². The highest BCUT2D eigenvalue weighted by molar-refractivity contribution is 6.32. The molecule has 0 atom stereocenters. The lowest BCUT2D eigenvalue weighted by Crippen LogP contribution is -2.21. The van der Waals surface area contributed by atoms with Gasteiger partial charge in [-0.15, -0.1) is 0 Å². The predicted molar refractivity (Wildman–Crippen MR) is 103 cm³/mol. The Morgan fingerprint density at radius 1 is 0.923 bits per heavy atom. The fourth-order valence-corrected chi connectivity index (χ4v) is 2.63. The molecule has 0 aliphatic heterocycles. The molecule has 0 aliphatic carbocycles. The Bertz CT molecular complexity index is 840. The summed E-state index contributed by atoms with van der Waals surface area (Å²) in [6, 6.07) is 8.08. The van der Waals surface area contributed by atoms with Gasteiger partial charge in [-0.1, -0.05) is 23.2 Å². The van der Waals surface area contributed by atoms with E-state index in [-0.39, 0.29) is 6.42 Å². The van der Waals surface area contributed by atoms with Crippen LogP contribution in [0.25, 0.3) is 0 Å². The summed E-state index contributed by atoms with van der Waals surface area (Å²) in [6.07, 6.45) is -0.367. The molecule has 2 rings (SSSR count). The number of benzene rings is 2. The summed E-state index contributed by atoms with van der Waals surface area (Å²) in [5.74, 6) is -0.0561. The van der Waals surface area contributed by atoms with Crippen LogP contribution in [0.4, 0.5) is 11.4 Å². The first-order valence-corrected chi connectivity index (χ1v) is 8.37. The quantitative estimate of drug-likeness (QED) is 0.714. The molecule has 0 heterocycles. The number of amides is 2. The van der Waals surface area contributed by atoms with Gasteiger partial charge < -0.3 is 20.1 Å². The molecule has 2 aromatic carbocycles. The maximum Gasteiger partial charge on any atom is 0.233 e. The molecule has 0 radical (unpaired) electrons. The molecular formula is C18H18Cl2N2O4. The van der Waals surface area contributed by atoms with E-state index in [0.29, 0.717) is 32.9 Å². The lowest BCUT2D eigenvalue weighted by molar-refractivity contribution is -0.123. The molecule has 0 aromatic heterocycles. The molecule has 8 heteroatoms. The molecule has 26 heavy (non-hydrogen) atoms. The lowest BCUT2D eigenvalue weighted by atomic mass is 10.2. The maximum absolute atomic E-state index is 12.1. The van der Waals surface area contributed by atoms with E-state index in [4.69, 9.17) is 32.7 Å². The van der Waals surface area contributed by atoms with Gasteiger partial charge in [0.25, 0.3) is 0 Å². The molecular weight excluding hydrogens is 379 g/mol. The molecule has 138 valence electrons. The molecule has 0 unspecified atom stereocenters. The van der Waals surface area contributed by atoms with Crippen LogP contribution in [0.5, 0.6) is 11.5 Å². The van der Waals surface area contributed by atoms with Crippen LogP contribution in [0, 0.1) is 6.92 Å². The second kappa shape index (κ2) is 8.78. The van der Waals surface area contributed by atoms with E-state index < -0.39 is 11.8 Å². The van der Waals surface area contributed by atoms with Crippen molar-refractivity contribution in [1.82, 2.24) is 0 Å². The fraction of sp³-hybridized carbons (Fsp3) is 0.222. The van der Waals surface area contributed by atoms with Gasteiger partial charge in [-0.05, 0) is 36.8 Å². The highest BCUT2D eigenvalue weighted by Gasteiger charge is 2.14. The van der Waals surface area contributed by atoms with Crippen LogP contribution in [-0.2, 0) is 9.59 Å². The number of halogens is 2. The number of hydrogen-bond donors (Lipinski definition) is 2. The molecule has 2 aromatic rings. The average Bonchev–Trinajstić information content (AvgIpc) is 2.57. The van der Waals surface area contributed by atoms with Crippen LogP contribution < -0.4 is 20.1 Å². The fourth-order valence-electron chi connectivity index (χ4n) is 2.22. The zero-order valence-corrected chi connectivity index (χ0v) is 16.0. The molecule has 0 saturated heterocycles. The van der Waals surface area contributed by atoms with Gasteiger partial charge in [0.2, 0.25) is 11.8 Å². The SMILES string of the molecule is COc1ccc(NC(=O)CC(=O)Nc2cc(C)c(Cl)cc2OC)cc1Cl. The van der Waals surface area contributed by atoms with Crippen molar-refractivity contribution in [3.8, 4) is 11.5 Å². The standard InChI is InChI=1S/C18H18Cl2N2O4/c1-10-6-14(16(26-3)8-12(10)19)22-18(24)9-17(23)21-11-4-5-15(25-2)13(20)7-11/h4-8H,9H2,1-3H3,(H,21,23)(H,22,24). The largest absolute Gasteiger partial charge is 0.495 e. The minimum Gasteiger partial charge on any atom is -0.495 e. The van der Waals surface area contributed by atoms with E-state index >= 15 is 0 Å². The van der Waals surface area contributed by atoms with E-state index in [0.717, 1.165) is 5.56 Å². The number of carbonyl (C=O) groups excluding carboxylic acids is 2.